The van der Waals surface area contributed by atoms with E-state index in [1.54, 1.807) is 7.11 Å². The Morgan fingerprint density at radius 3 is 2.25 bits per heavy atom. The molecule has 0 bridgehead atoms. The van der Waals surface area contributed by atoms with Crippen LogP contribution in [0.1, 0.15) is 46.1 Å². The van der Waals surface area contributed by atoms with Crippen molar-refractivity contribution >= 4 is 0 Å². The predicted octanol–water partition coefficient (Wildman–Crippen LogP) is 4.24. The Labute approximate surface area is 99.6 Å². The summed E-state index contributed by atoms with van der Waals surface area (Å²) in [5, 5.41) is 0. The molecule has 0 aromatic heterocycles. The Morgan fingerprint density at radius 1 is 1.19 bits per heavy atom. The van der Waals surface area contributed by atoms with Crippen LogP contribution in [0.5, 0.6) is 11.5 Å². The number of methoxy groups -OCH3 is 1. The molecule has 0 amide bonds. The molecule has 0 heterocycles. The van der Waals surface area contributed by atoms with Crippen molar-refractivity contribution in [3.05, 3.63) is 23.8 Å². The van der Waals surface area contributed by atoms with Crippen LogP contribution < -0.4 is 9.47 Å². The van der Waals surface area contributed by atoms with Gasteiger partial charge < -0.3 is 9.47 Å². The minimum absolute atomic E-state index is 0.473. The van der Waals surface area contributed by atoms with E-state index < -0.39 is 0 Å². The Balaban J connectivity index is 0.00000106. The SMILES string of the molecule is CC.CCOc1ccc(C(C)C)c(OC)c1. The van der Waals surface area contributed by atoms with E-state index in [4.69, 9.17) is 9.47 Å². The fourth-order valence-electron chi connectivity index (χ4n) is 1.42. The summed E-state index contributed by atoms with van der Waals surface area (Å²) in [6.45, 7) is 11.0. The minimum Gasteiger partial charge on any atom is -0.496 e. The highest BCUT2D eigenvalue weighted by atomic mass is 16.5. The summed E-state index contributed by atoms with van der Waals surface area (Å²) in [6.07, 6.45) is 0. The number of hydrogen-bond donors (Lipinski definition) is 0. The molecule has 0 aliphatic carbocycles. The van der Waals surface area contributed by atoms with Crippen LogP contribution in [0.25, 0.3) is 0 Å². The molecule has 0 spiro atoms. The largest absolute Gasteiger partial charge is 0.496 e. The molecule has 1 aromatic rings. The molecule has 0 saturated heterocycles. The number of ether oxygens (including phenoxy) is 2. The fourth-order valence-corrected chi connectivity index (χ4v) is 1.42. The molecule has 0 saturated carbocycles. The van der Waals surface area contributed by atoms with E-state index in [1.807, 2.05) is 32.9 Å². The van der Waals surface area contributed by atoms with Crippen LogP contribution in [0.15, 0.2) is 18.2 Å². The Bertz CT molecular complexity index is 293. The van der Waals surface area contributed by atoms with Crippen molar-refractivity contribution in [2.75, 3.05) is 13.7 Å². The van der Waals surface area contributed by atoms with Crippen molar-refractivity contribution in [3.8, 4) is 11.5 Å². The zero-order valence-corrected chi connectivity index (χ0v) is 11.3. The normalized spacial score (nSPS) is 9.44. The smallest absolute Gasteiger partial charge is 0.126 e. The molecule has 0 atom stereocenters. The van der Waals surface area contributed by atoms with E-state index in [2.05, 4.69) is 19.9 Å². The quantitative estimate of drug-likeness (QED) is 0.761. The van der Waals surface area contributed by atoms with Crippen molar-refractivity contribution in [2.24, 2.45) is 0 Å². The average Bonchev–Trinajstić information content (AvgIpc) is 2.31. The number of rotatable bonds is 4. The maximum atomic E-state index is 5.40. The average molecular weight is 224 g/mol. The lowest BCUT2D eigenvalue weighted by atomic mass is 10.0. The molecule has 2 nitrogen and oxygen atoms in total. The third-order valence-electron chi connectivity index (χ3n) is 2.14. The molecule has 0 aliphatic heterocycles. The maximum absolute atomic E-state index is 5.40. The molecule has 2 heteroatoms. The first-order valence-corrected chi connectivity index (χ1v) is 5.99. The number of hydrogen-bond acceptors (Lipinski definition) is 2. The highest BCUT2D eigenvalue weighted by Gasteiger charge is 2.07. The summed E-state index contributed by atoms with van der Waals surface area (Å²) in [7, 11) is 1.69. The van der Waals surface area contributed by atoms with E-state index >= 15 is 0 Å². The predicted molar refractivity (Wildman–Crippen MR) is 69.6 cm³/mol. The third kappa shape index (κ3) is 4.13. The first-order valence-electron chi connectivity index (χ1n) is 5.99. The second-order valence-electron chi connectivity index (χ2n) is 3.49. The third-order valence-corrected chi connectivity index (χ3v) is 2.14. The van der Waals surface area contributed by atoms with Crippen molar-refractivity contribution in [1.29, 1.82) is 0 Å². The van der Waals surface area contributed by atoms with Gasteiger partial charge in [-0.1, -0.05) is 33.8 Å². The van der Waals surface area contributed by atoms with Gasteiger partial charge in [-0.15, -0.1) is 0 Å². The molecular weight excluding hydrogens is 200 g/mol. The van der Waals surface area contributed by atoms with Crippen LogP contribution in [0.4, 0.5) is 0 Å². The van der Waals surface area contributed by atoms with Crippen LogP contribution in [-0.4, -0.2) is 13.7 Å². The second kappa shape index (κ2) is 8.03. The van der Waals surface area contributed by atoms with Gasteiger partial charge in [0.05, 0.1) is 13.7 Å². The van der Waals surface area contributed by atoms with E-state index in [-0.39, 0.29) is 0 Å². The van der Waals surface area contributed by atoms with Gasteiger partial charge in [0.25, 0.3) is 0 Å². The lowest BCUT2D eigenvalue weighted by Gasteiger charge is -2.13. The molecule has 1 aromatic carbocycles. The summed E-state index contributed by atoms with van der Waals surface area (Å²) in [5.74, 6) is 2.25. The lowest BCUT2D eigenvalue weighted by Crippen LogP contribution is -1.97. The van der Waals surface area contributed by atoms with E-state index in [0.29, 0.717) is 12.5 Å². The maximum Gasteiger partial charge on any atom is 0.126 e. The van der Waals surface area contributed by atoms with Crippen LogP contribution in [0.3, 0.4) is 0 Å². The van der Waals surface area contributed by atoms with Crippen LogP contribution >= 0.6 is 0 Å². The van der Waals surface area contributed by atoms with Gasteiger partial charge in [0, 0.05) is 6.07 Å². The molecule has 0 fully saturated rings. The summed E-state index contributed by atoms with van der Waals surface area (Å²) in [6, 6.07) is 5.99. The second-order valence-corrected chi connectivity index (χ2v) is 3.49. The fraction of sp³-hybridized carbons (Fsp3) is 0.571. The van der Waals surface area contributed by atoms with E-state index in [1.165, 1.54) is 5.56 Å². The molecule has 92 valence electrons. The zero-order chi connectivity index (χ0) is 12.6. The van der Waals surface area contributed by atoms with E-state index in [9.17, 15) is 0 Å². The van der Waals surface area contributed by atoms with Gasteiger partial charge in [-0.05, 0) is 24.5 Å². The first-order chi connectivity index (χ1) is 7.69. The van der Waals surface area contributed by atoms with E-state index in [0.717, 1.165) is 11.5 Å². The van der Waals surface area contributed by atoms with Gasteiger partial charge in [0.15, 0.2) is 0 Å². The summed E-state index contributed by atoms with van der Waals surface area (Å²) in [5.41, 5.74) is 1.22. The summed E-state index contributed by atoms with van der Waals surface area (Å²) in [4.78, 5) is 0. The van der Waals surface area contributed by atoms with Gasteiger partial charge in [0.1, 0.15) is 11.5 Å². The molecule has 0 aliphatic rings. The monoisotopic (exact) mass is 224 g/mol. The molecule has 0 unspecified atom stereocenters. The van der Waals surface area contributed by atoms with Gasteiger partial charge in [-0.2, -0.15) is 0 Å². The van der Waals surface area contributed by atoms with Crippen LogP contribution in [-0.2, 0) is 0 Å². The lowest BCUT2D eigenvalue weighted by molar-refractivity contribution is 0.335. The minimum atomic E-state index is 0.473. The zero-order valence-electron chi connectivity index (χ0n) is 11.3. The van der Waals surface area contributed by atoms with Crippen LogP contribution in [0, 0.1) is 0 Å². The molecular formula is C14H24O2. The van der Waals surface area contributed by atoms with Crippen molar-refractivity contribution in [2.45, 2.75) is 40.5 Å². The number of benzene rings is 1. The standard InChI is InChI=1S/C12H18O2.C2H6/c1-5-14-10-6-7-11(9(2)3)12(8-10)13-4;1-2/h6-9H,5H2,1-4H3;1-2H3. The Kier molecular flexibility index (Phi) is 7.44. The van der Waals surface area contributed by atoms with Crippen LogP contribution in [0.2, 0.25) is 0 Å². The molecule has 0 N–H and O–H groups in total. The van der Waals surface area contributed by atoms with Crippen molar-refractivity contribution < 1.29 is 9.47 Å². The van der Waals surface area contributed by atoms with Crippen molar-refractivity contribution in [1.82, 2.24) is 0 Å². The molecule has 1 rings (SSSR count). The summed E-state index contributed by atoms with van der Waals surface area (Å²) >= 11 is 0. The van der Waals surface area contributed by atoms with Gasteiger partial charge in [0.2, 0.25) is 0 Å². The van der Waals surface area contributed by atoms with Crippen molar-refractivity contribution in [3.63, 3.8) is 0 Å². The molecule has 0 radical (unpaired) electrons. The highest BCUT2D eigenvalue weighted by molar-refractivity contribution is 5.42. The summed E-state index contributed by atoms with van der Waals surface area (Å²) < 4.78 is 10.7. The molecule has 16 heavy (non-hydrogen) atoms. The van der Waals surface area contributed by atoms with Gasteiger partial charge >= 0.3 is 0 Å². The van der Waals surface area contributed by atoms with Gasteiger partial charge in [-0.3, -0.25) is 0 Å². The topological polar surface area (TPSA) is 18.5 Å². The first kappa shape index (κ1) is 14.8. The highest BCUT2D eigenvalue weighted by Crippen LogP contribution is 2.30. The van der Waals surface area contributed by atoms with Gasteiger partial charge in [-0.25, -0.2) is 0 Å². The Hall–Kier alpha value is -1.18. The Morgan fingerprint density at radius 2 is 1.81 bits per heavy atom.